The number of methoxy groups -OCH3 is 1. The highest BCUT2D eigenvalue weighted by atomic mass is 16.5. The second kappa shape index (κ2) is 5.27. The lowest BCUT2D eigenvalue weighted by molar-refractivity contribution is 0.225. The fourth-order valence-corrected chi connectivity index (χ4v) is 1.91. The zero-order valence-corrected chi connectivity index (χ0v) is 10.5. The van der Waals surface area contributed by atoms with Gasteiger partial charge in [0.1, 0.15) is 5.75 Å². The number of carbonyl (C=O) groups is 1. The van der Waals surface area contributed by atoms with E-state index in [0.29, 0.717) is 6.54 Å². The number of hydrogen-bond acceptors (Lipinski definition) is 3. The number of amides is 2. The molecule has 1 aliphatic carbocycles. The predicted octanol–water partition coefficient (Wildman–Crippen LogP) is 1.70. The number of urea groups is 1. The van der Waals surface area contributed by atoms with Gasteiger partial charge in [-0.1, -0.05) is 0 Å². The van der Waals surface area contributed by atoms with Crippen molar-refractivity contribution in [2.45, 2.75) is 24.8 Å². The van der Waals surface area contributed by atoms with Crippen LogP contribution in [0.1, 0.15) is 19.3 Å². The first kappa shape index (κ1) is 12.7. The van der Waals surface area contributed by atoms with Crippen LogP contribution in [0.2, 0.25) is 0 Å². The molecule has 18 heavy (non-hydrogen) atoms. The summed E-state index contributed by atoms with van der Waals surface area (Å²) in [4.78, 5) is 11.6. The maximum absolute atomic E-state index is 11.6. The largest absolute Gasteiger partial charge is 0.497 e. The van der Waals surface area contributed by atoms with Crippen molar-refractivity contribution in [2.24, 2.45) is 5.73 Å². The molecule has 2 amide bonds. The van der Waals surface area contributed by atoms with E-state index in [-0.39, 0.29) is 11.6 Å². The van der Waals surface area contributed by atoms with Crippen molar-refractivity contribution in [3.05, 3.63) is 24.3 Å². The summed E-state index contributed by atoms with van der Waals surface area (Å²) in [7, 11) is 1.61. The van der Waals surface area contributed by atoms with E-state index in [1.165, 1.54) is 0 Å². The number of hydrogen-bond donors (Lipinski definition) is 3. The molecule has 2 rings (SSSR count). The van der Waals surface area contributed by atoms with Crippen molar-refractivity contribution < 1.29 is 9.53 Å². The maximum Gasteiger partial charge on any atom is 0.319 e. The molecule has 0 atom stereocenters. The SMILES string of the molecule is COc1ccc(NC(=O)NCC2(N)CCC2)cc1. The van der Waals surface area contributed by atoms with E-state index in [0.717, 1.165) is 30.7 Å². The Balaban J connectivity index is 1.79. The van der Waals surface area contributed by atoms with Crippen LogP contribution >= 0.6 is 0 Å². The van der Waals surface area contributed by atoms with Gasteiger partial charge in [-0.3, -0.25) is 0 Å². The van der Waals surface area contributed by atoms with Gasteiger partial charge in [-0.05, 0) is 43.5 Å². The first-order valence-electron chi connectivity index (χ1n) is 6.09. The number of rotatable bonds is 4. The molecule has 0 saturated heterocycles. The zero-order chi connectivity index (χ0) is 13.0. The Kier molecular flexibility index (Phi) is 3.72. The lowest BCUT2D eigenvalue weighted by Crippen LogP contribution is -2.55. The van der Waals surface area contributed by atoms with E-state index in [1.54, 1.807) is 31.4 Å². The molecule has 0 aliphatic heterocycles. The number of benzene rings is 1. The molecule has 5 nitrogen and oxygen atoms in total. The van der Waals surface area contributed by atoms with Crippen LogP contribution in [0.3, 0.4) is 0 Å². The maximum atomic E-state index is 11.6. The van der Waals surface area contributed by atoms with Gasteiger partial charge in [-0.25, -0.2) is 4.79 Å². The van der Waals surface area contributed by atoms with Crippen LogP contribution in [0, 0.1) is 0 Å². The summed E-state index contributed by atoms with van der Waals surface area (Å²) in [5, 5.41) is 5.55. The van der Waals surface area contributed by atoms with Crippen molar-refractivity contribution in [3.8, 4) is 5.75 Å². The summed E-state index contributed by atoms with van der Waals surface area (Å²) >= 11 is 0. The molecule has 5 heteroatoms. The van der Waals surface area contributed by atoms with Gasteiger partial charge in [0.25, 0.3) is 0 Å². The predicted molar refractivity (Wildman–Crippen MR) is 70.8 cm³/mol. The van der Waals surface area contributed by atoms with E-state index >= 15 is 0 Å². The van der Waals surface area contributed by atoms with Crippen molar-refractivity contribution in [1.82, 2.24) is 5.32 Å². The Morgan fingerprint density at radius 3 is 2.56 bits per heavy atom. The van der Waals surface area contributed by atoms with E-state index in [4.69, 9.17) is 10.5 Å². The van der Waals surface area contributed by atoms with E-state index in [9.17, 15) is 4.79 Å². The highest BCUT2D eigenvalue weighted by Crippen LogP contribution is 2.28. The van der Waals surface area contributed by atoms with Gasteiger partial charge in [-0.2, -0.15) is 0 Å². The minimum atomic E-state index is -0.225. The molecule has 1 fully saturated rings. The Labute approximate surface area is 107 Å². The molecule has 0 unspecified atom stereocenters. The Morgan fingerprint density at radius 1 is 1.39 bits per heavy atom. The van der Waals surface area contributed by atoms with Crippen LogP contribution < -0.4 is 21.1 Å². The topological polar surface area (TPSA) is 76.4 Å². The summed E-state index contributed by atoms with van der Waals surface area (Å²) in [6.07, 6.45) is 3.11. The van der Waals surface area contributed by atoms with Gasteiger partial charge < -0.3 is 21.1 Å². The van der Waals surface area contributed by atoms with Gasteiger partial charge in [0.05, 0.1) is 7.11 Å². The lowest BCUT2D eigenvalue weighted by atomic mass is 9.78. The molecule has 0 bridgehead atoms. The van der Waals surface area contributed by atoms with Crippen molar-refractivity contribution >= 4 is 11.7 Å². The molecule has 0 aromatic heterocycles. The quantitative estimate of drug-likeness (QED) is 0.760. The normalized spacial score (nSPS) is 16.6. The van der Waals surface area contributed by atoms with Gasteiger partial charge in [0.2, 0.25) is 0 Å². The highest BCUT2D eigenvalue weighted by Gasteiger charge is 2.32. The zero-order valence-electron chi connectivity index (χ0n) is 10.5. The fraction of sp³-hybridized carbons (Fsp3) is 0.462. The molecule has 1 aromatic rings. The van der Waals surface area contributed by atoms with Crippen LogP contribution in [-0.2, 0) is 0 Å². The first-order chi connectivity index (χ1) is 8.61. The molecule has 0 heterocycles. The second-order valence-electron chi connectivity index (χ2n) is 4.75. The smallest absolute Gasteiger partial charge is 0.319 e. The number of nitrogens with two attached hydrogens (primary N) is 1. The van der Waals surface area contributed by atoms with Crippen LogP contribution in [0.15, 0.2) is 24.3 Å². The van der Waals surface area contributed by atoms with E-state index in [2.05, 4.69) is 10.6 Å². The lowest BCUT2D eigenvalue weighted by Gasteiger charge is -2.38. The van der Waals surface area contributed by atoms with Gasteiger partial charge in [0.15, 0.2) is 0 Å². The Hall–Kier alpha value is -1.75. The standard InChI is InChI=1S/C13H19N3O2/c1-18-11-5-3-10(4-6-11)16-12(17)15-9-13(14)7-2-8-13/h3-6H,2,7-9,14H2,1H3,(H2,15,16,17). The van der Waals surface area contributed by atoms with Crippen molar-refractivity contribution in [1.29, 1.82) is 0 Å². The van der Waals surface area contributed by atoms with Crippen molar-refractivity contribution in [3.63, 3.8) is 0 Å². The third kappa shape index (κ3) is 3.13. The molecule has 1 aromatic carbocycles. The molecular formula is C13H19N3O2. The van der Waals surface area contributed by atoms with Gasteiger partial charge >= 0.3 is 6.03 Å². The first-order valence-corrected chi connectivity index (χ1v) is 6.09. The fourth-order valence-electron chi connectivity index (χ4n) is 1.91. The average molecular weight is 249 g/mol. The minimum absolute atomic E-state index is 0.197. The molecular weight excluding hydrogens is 230 g/mol. The van der Waals surface area contributed by atoms with E-state index in [1.807, 2.05) is 0 Å². The third-order valence-corrected chi connectivity index (χ3v) is 3.30. The number of carbonyl (C=O) groups excluding carboxylic acids is 1. The molecule has 98 valence electrons. The summed E-state index contributed by atoms with van der Waals surface area (Å²) in [6.45, 7) is 0.523. The van der Waals surface area contributed by atoms with Crippen LogP contribution in [0.25, 0.3) is 0 Å². The monoisotopic (exact) mass is 249 g/mol. The molecule has 0 radical (unpaired) electrons. The van der Waals surface area contributed by atoms with Crippen LogP contribution in [0.4, 0.5) is 10.5 Å². The van der Waals surface area contributed by atoms with Gasteiger partial charge in [-0.15, -0.1) is 0 Å². The van der Waals surface area contributed by atoms with E-state index < -0.39 is 0 Å². The van der Waals surface area contributed by atoms with Gasteiger partial charge in [0, 0.05) is 17.8 Å². The second-order valence-corrected chi connectivity index (χ2v) is 4.75. The summed E-state index contributed by atoms with van der Waals surface area (Å²) in [5.74, 6) is 0.760. The van der Waals surface area contributed by atoms with Crippen molar-refractivity contribution in [2.75, 3.05) is 19.0 Å². The highest BCUT2D eigenvalue weighted by molar-refractivity contribution is 5.89. The molecule has 0 spiro atoms. The molecule has 4 N–H and O–H groups in total. The average Bonchev–Trinajstić information content (AvgIpc) is 2.35. The summed E-state index contributed by atoms with van der Waals surface area (Å²) in [5.41, 5.74) is 6.56. The minimum Gasteiger partial charge on any atom is -0.497 e. The molecule has 1 saturated carbocycles. The summed E-state index contributed by atoms with van der Waals surface area (Å²) < 4.78 is 5.04. The number of ether oxygens (including phenoxy) is 1. The third-order valence-electron chi connectivity index (χ3n) is 3.30. The number of anilines is 1. The Bertz CT molecular complexity index is 413. The van der Waals surface area contributed by atoms with Crippen LogP contribution in [0.5, 0.6) is 5.75 Å². The van der Waals surface area contributed by atoms with Crippen LogP contribution in [-0.4, -0.2) is 25.2 Å². The number of nitrogens with one attached hydrogen (secondary N) is 2. The Morgan fingerprint density at radius 2 is 2.06 bits per heavy atom. The summed E-state index contributed by atoms with van der Waals surface area (Å²) in [6, 6.07) is 6.95. The molecule has 1 aliphatic rings.